The van der Waals surface area contributed by atoms with Crippen LogP contribution >= 0.6 is 0 Å². The summed E-state index contributed by atoms with van der Waals surface area (Å²) in [6.45, 7) is 5.79. The molecule has 1 aliphatic heterocycles. The molecule has 1 amide bonds. The molecule has 0 aromatic carbocycles. The number of likely N-dealkylation sites (tertiary alicyclic amines) is 1. The Hall–Kier alpha value is -1.10. The molecule has 0 radical (unpaired) electrons. The first-order valence-electron chi connectivity index (χ1n) is 5.61. The van der Waals surface area contributed by atoms with Crippen molar-refractivity contribution in [3.05, 3.63) is 0 Å². The summed E-state index contributed by atoms with van der Waals surface area (Å²) in [7, 11) is 0. The number of rotatable bonds is 3. The minimum atomic E-state index is -1.08. The van der Waals surface area contributed by atoms with E-state index < -0.39 is 17.6 Å². The molecule has 2 atom stereocenters. The highest BCUT2D eigenvalue weighted by Crippen LogP contribution is 2.30. The fourth-order valence-electron chi connectivity index (χ4n) is 2.00. The molecule has 1 heterocycles. The molecule has 3 N–H and O–H groups in total. The van der Waals surface area contributed by atoms with Crippen LogP contribution in [0.1, 0.15) is 33.6 Å². The lowest BCUT2D eigenvalue weighted by molar-refractivity contribution is -0.156. The van der Waals surface area contributed by atoms with Gasteiger partial charge in [-0.2, -0.15) is 0 Å². The summed E-state index contributed by atoms with van der Waals surface area (Å²) in [5.41, 5.74) is 4.70. The van der Waals surface area contributed by atoms with E-state index in [4.69, 9.17) is 5.73 Å². The first kappa shape index (κ1) is 13.0. The lowest BCUT2D eigenvalue weighted by atomic mass is 9.97. The van der Waals surface area contributed by atoms with E-state index in [0.717, 1.165) is 6.42 Å². The predicted molar refractivity (Wildman–Crippen MR) is 59.8 cm³/mol. The topological polar surface area (TPSA) is 83.6 Å². The van der Waals surface area contributed by atoms with E-state index >= 15 is 0 Å². The van der Waals surface area contributed by atoms with Crippen LogP contribution in [0.15, 0.2) is 0 Å². The van der Waals surface area contributed by atoms with Crippen molar-refractivity contribution in [1.82, 2.24) is 4.90 Å². The zero-order valence-electron chi connectivity index (χ0n) is 10.1. The molecule has 1 aliphatic rings. The smallest absolute Gasteiger partial charge is 0.329 e. The van der Waals surface area contributed by atoms with Gasteiger partial charge in [0.2, 0.25) is 5.91 Å². The third-order valence-corrected chi connectivity index (χ3v) is 3.37. The predicted octanol–water partition coefficient (Wildman–Crippen LogP) is 0.435. The molecule has 5 nitrogen and oxygen atoms in total. The van der Waals surface area contributed by atoms with Crippen molar-refractivity contribution >= 4 is 11.9 Å². The van der Waals surface area contributed by atoms with Crippen LogP contribution in [0.3, 0.4) is 0 Å². The normalized spacial score (nSPS) is 27.2. The van der Waals surface area contributed by atoms with Gasteiger partial charge < -0.3 is 15.7 Å². The van der Waals surface area contributed by atoms with Crippen molar-refractivity contribution in [2.45, 2.75) is 45.2 Å². The monoisotopic (exact) mass is 228 g/mol. The van der Waals surface area contributed by atoms with Gasteiger partial charge in [-0.25, -0.2) is 4.79 Å². The van der Waals surface area contributed by atoms with Gasteiger partial charge in [0.15, 0.2) is 0 Å². The molecular weight excluding hydrogens is 208 g/mol. The zero-order chi connectivity index (χ0) is 12.5. The van der Waals surface area contributed by atoms with Gasteiger partial charge in [0.1, 0.15) is 5.54 Å². The van der Waals surface area contributed by atoms with Crippen molar-refractivity contribution in [3.8, 4) is 0 Å². The second kappa shape index (κ2) is 4.41. The Labute approximate surface area is 95.6 Å². The van der Waals surface area contributed by atoms with Crippen LogP contribution in [0.5, 0.6) is 0 Å². The van der Waals surface area contributed by atoms with Gasteiger partial charge in [-0.15, -0.1) is 0 Å². The van der Waals surface area contributed by atoms with Crippen LogP contribution in [-0.4, -0.2) is 40.0 Å². The van der Waals surface area contributed by atoms with Gasteiger partial charge in [-0.1, -0.05) is 13.8 Å². The number of hydrogen-bond donors (Lipinski definition) is 2. The third-order valence-electron chi connectivity index (χ3n) is 3.37. The van der Waals surface area contributed by atoms with E-state index in [0.29, 0.717) is 13.0 Å². The second-order valence-electron chi connectivity index (χ2n) is 4.94. The molecule has 0 spiro atoms. The molecule has 16 heavy (non-hydrogen) atoms. The number of hydrogen-bond acceptors (Lipinski definition) is 3. The van der Waals surface area contributed by atoms with E-state index in [1.807, 2.05) is 13.8 Å². The molecule has 0 aromatic rings. The van der Waals surface area contributed by atoms with E-state index in [1.165, 1.54) is 4.90 Å². The number of nitrogens with two attached hydrogens (primary N) is 1. The Morgan fingerprint density at radius 3 is 2.44 bits per heavy atom. The van der Waals surface area contributed by atoms with Crippen LogP contribution in [0.2, 0.25) is 0 Å². The lowest BCUT2D eigenvalue weighted by Crippen LogP contribution is -2.56. The van der Waals surface area contributed by atoms with Crippen molar-refractivity contribution in [2.75, 3.05) is 6.54 Å². The van der Waals surface area contributed by atoms with E-state index in [9.17, 15) is 14.7 Å². The van der Waals surface area contributed by atoms with Gasteiger partial charge in [-0.3, -0.25) is 4.79 Å². The van der Waals surface area contributed by atoms with Gasteiger partial charge >= 0.3 is 5.97 Å². The number of carboxylic acid groups (broad SMARTS) is 1. The highest BCUT2D eigenvalue weighted by molar-refractivity contribution is 5.90. The summed E-state index contributed by atoms with van der Waals surface area (Å²) < 4.78 is 0. The molecule has 1 rings (SSSR count). The van der Waals surface area contributed by atoms with Crippen molar-refractivity contribution in [3.63, 3.8) is 0 Å². The molecule has 92 valence electrons. The van der Waals surface area contributed by atoms with Gasteiger partial charge in [-0.05, 0) is 25.7 Å². The van der Waals surface area contributed by atoms with Crippen LogP contribution in [-0.2, 0) is 9.59 Å². The minimum absolute atomic E-state index is 0.0196. The van der Waals surface area contributed by atoms with E-state index in [1.54, 1.807) is 6.92 Å². The molecule has 1 fully saturated rings. The van der Waals surface area contributed by atoms with Crippen LogP contribution in [0.25, 0.3) is 0 Å². The molecule has 0 bridgehead atoms. The number of carbonyl (C=O) groups is 2. The zero-order valence-corrected chi connectivity index (χ0v) is 10.1. The summed E-state index contributed by atoms with van der Waals surface area (Å²) in [4.78, 5) is 24.7. The second-order valence-corrected chi connectivity index (χ2v) is 4.94. The average Bonchev–Trinajstić information content (AvgIpc) is 2.59. The maximum Gasteiger partial charge on any atom is 0.329 e. The van der Waals surface area contributed by atoms with Gasteiger partial charge in [0.25, 0.3) is 0 Å². The molecule has 5 heteroatoms. The molecule has 1 unspecified atom stereocenters. The van der Waals surface area contributed by atoms with Gasteiger partial charge in [0.05, 0.1) is 6.04 Å². The van der Waals surface area contributed by atoms with Crippen LogP contribution < -0.4 is 5.73 Å². The fraction of sp³-hybridized carbons (Fsp3) is 0.818. The molecule has 1 saturated heterocycles. The summed E-state index contributed by atoms with van der Waals surface area (Å²) in [5, 5.41) is 9.18. The summed E-state index contributed by atoms with van der Waals surface area (Å²) in [6.07, 6.45) is 1.22. The first-order chi connectivity index (χ1) is 7.30. The molecule has 0 aliphatic carbocycles. The average molecular weight is 228 g/mol. The molecular formula is C11H20N2O3. The Kier molecular flexibility index (Phi) is 3.57. The Morgan fingerprint density at radius 2 is 2.00 bits per heavy atom. The Bertz CT molecular complexity index is 304. The number of nitrogens with zero attached hydrogens (tertiary/aromatic N) is 1. The number of carbonyl (C=O) groups excluding carboxylic acids is 1. The number of carboxylic acids is 1. The number of amides is 1. The van der Waals surface area contributed by atoms with Gasteiger partial charge in [0, 0.05) is 6.54 Å². The Morgan fingerprint density at radius 1 is 1.44 bits per heavy atom. The van der Waals surface area contributed by atoms with Crippen molar-refractivity contribution in [2.24, 2.45) is 11.7 Å². The van der Waals surface area contributed by atoms with Crippen LogP contribution in [0, 0.1) is 5.92 Å². The maximum atomic E-state index is 12.0. The standard InChI is InChI=1S/C11H20N2O3/c1-7(2)8(12)9(14)13-6-4-5-11(13,3)10(15)16/h7-8H,4-6,12H2,1-3H3,(H,15,16)/t8-,11?/m1/s1. The SMILES string of the molecule is CC(C)[C@@H](N)C(=O)N1CCCC1(C)C(=O)O. The Balaban J connectivity index is 2.88. The van der Waals surface area contributed by atoms with E-state index in [-0.39, 0.29) is 11.8 Å². The fourth-order valence-corrected chi connectivity index (χ4v) is 2.00. The summed E-state index contributed by atoms with van der Waals surface area (Å²) in [6, 6.07) is -0.614. The largest absolute Gasteiger partial charge is 0.480 e. The van der Waals surface area contributed by atoms with Crippen molar-refractivity contribution in [1.29, 1.82) is 0 Å². The minimum Gasteiger partial charge on any atom is -0.480 e. The molecule has 0 saturated carbocycles. The first-order valence-corrected chi connectivity index (χ1v) is 5.61. The van der Waals surface area contributed by atoms with E-state index in [2.05, 4.69) is 0 Å². The highest BCUT2D eigenvalue weighted by Gasteiger charge is 2.47. The third kappa shape index (κ3) is 2.04. The van der Waals surface area contributed by atoms with Crippen molar-refractivity contribution < 1.29 is 14.7 Å². The quantitative estimate of drug-likeness (QED) is 0.734. The lowest BCUT2D eigenvalue weighted by Gasteiger charge is -2.33. The molecule has 0 aromatic heterocycles. The maximum absolute atomic E-state index is 12.0. The number of aliphatic carboxylic acids is 1. The van der Waals surface area contributed by atoms with Crippen LogP contribution in [0.4, 0.5) is 0 Å². The summed E-state index contributed by atoms with van der Waals surface area (Å²) in [5.74, 6) is -1.18. The summed E-state index contributed by atoms with van der Waals surface area (Å²) >= 11 is 0. The highest BCUT2D eigenvalue weighted by atomic mass is 16.4.